The Bertz CT molecular complexity index is 933. The largest absolute Gasteiger partial charge is 0.417 e. The van der Waals surface area contributed by atoms with Gasteiger partial charge in [-0.3, -0.25) is 4.79 Å². The number of halogens is 5. The van der Waals surface area contributed by atoms with Crippen molar-refractivity contribution >= 4 is 27.2 Å². The van der Waals surface area contributed by atoms with Crippen LogP contribution in [-0.4, -0.2) is 22.1 Å². The van der Waals surface area contributed by atoms with Crippen LogP contribution in [0.1, 0.15) is 15.9 Å². The molecular formula is C16H9BrF4N2O. The van der Waals surface area contributed by atoms with E-state index in [-0.39, 0.29) is 16.8 Å². The standard InChI is InChI=1S/C16H9BrF4N2O/c17-11-3-1-2-9(6-11)15-14(13(24)7-18)12-5-4-10(16(19,20)21)8-23(12)22-15/h1-6,8H,7H2. The van der Waals surface area contributed by atoms with Crippen molar-refractivity contribution in [2.75, 3.05) is 6.67 Å². The van der Waals surface area contributed by atoms with Gasteiger partial charge in [0.2, 0.25) is 0 Å². The Hall–Kier alpha value is -2.22. The summed E-state index contributed by atoms with van der Waals surface area (Å²) in [5, 5.41) is 4.08. The molecule has 0 atom stereocenters. The van der Waals surface area contributed by atoms with Crippen molar-refractivity contribution in [1.82, 2.24) is 9.61 Å². The fraction of sp³-hybridized carbons (Fsp3) is 0.125. The number of fused-ring (bicyclic) bond motifs is 1. The minimum Gasteiger partial charge on any atom is -0.291 e. The first-order valence-corrected chi connectivity index (χ1v) is 7.55. The molecule has 124 valence electrons. The van der Waals surface area contributed by atoms with Crippen molar-refractivity contribution in [3.05, 3.63) is 58.2 Å². The molecule has 8 heteroatoms. The Morgan fingerprint density at radius 2 is 1.96 bits per heavy atom. The Balaban J connectivity index is 2.29. The molecule has 2 aromatic heterocycles. The summed E-state index contributed by atoms with van der Waals surface area (Å²) < 4.78 is 53.2. The maximum atomic E-state index is 12.9. The average molecular weight is 401 g/mol. The number of hydrogen-bond acceptors (Lipinski definition) is 2. The van der Waals surface area contributed by atoms with E-state index in [4.69, 9.17) is 0 Å². The highest BCUT2D eigenvalue weighted by Gasteiger charge is 2.32. The molecule has 0 saturated heterocycles. The predicted molar refractivity (Wildman–Crippen MR) is 83.6 cm³/mol. The molecule has 0 radical (unpaired) electrons. The zero-order chi connectivity index (χ0) is 17.5. The fourth-order valence-electron chi connectivity index (χ4n) is 2.40. The number of rotatable bonds is 3. The number of nitrogens with zero attached hydrogens (tertiary/aromatic N) is 2. The summed E-state index contributed by atoms with van der Waals surface area (Å²) in [6.45, 7) is -1.26. The van der Waals surface area contributed by atoms with Gasteiger partial charge in [0.25, 0.3) is 0 Å². The van der Waals surface area contributed by atoms with E-state index in [1.807, 2.05) is 0 Å². The second-order valence-electron chi connectivity index (χ2n) is 5.04. The lowest BCUT2D eigenvalue weighted by atomic mass is 10.0. The van der Waals surface area contributed by atoms with Crippen molar-refractivity contribution in [3.8, 4) is 11.3 Å². The molecule has 0 unspecified atom stereocenters. The molecule has 0 aliphatic carbocycles. The summed E-state index contributed by atoms with van der Waals surface area (Å²) >= 11 is 3.28. The number of pyridine rings is 1. The molecule has 0 saturated carbocycles. The minimum atomic E-state index is -4.54. The first-order chi connectivity index (χ1) is 11.3. The van der Waals surface area contributed by atoms with Gasteiger partial charge in [-0.1, -0.05) is 28.1 Å². The second kappa shape index (κ2) is 6.01. The molecule has 3 nitrogen and oxygen atoms in total. The molecule has 24 heavy (non-hydrogen) atoms. The molecule has 0 aliphatic rings. The Morgan fingerprint density at radius 3 is 2.58 bits per heavy atom. The Morgan fingerprint density at radius 1 is 1.21 bits per heavy atom. The maximum Gasteiger partial charge on any atom is 0.417 e. The fourth-order valence-corrected chi connectivity index (χ4v) is 2.80. The van der Waals surface area contributed by atoms with Crippen LogP contribution in [-0.2, 0) is 6.18 Å². The molecule has 0 spiro atoms. The summed E-state index contributed by atoms with van der Waals surface area (Å²) in [5.74, 6) is -0.834. The van der Waals surface area contributed by atoms with Crippen LogP contribution in [0.4, 0.5) is 17.6 Å². The number of ketones is 1. The van der Waals surface area contributed by atoms with E-state index < -0.39 is 24.2 Å². The molecular weight excluding hydrogens is 392 g/mol. The molecule has 0 amide bonds. The summed E-state index contributed by atoms with van der Waals surface area (Å²) in [5.41, 5.74) is -0.181. The molecule has 0 aliphatic heterocycles. The number of carbonyl (C=O) groups excluding carboxylic acids is 1. The van der Waals surface area contributed by atoms with Gasteiger partial charge >= 0.3 is 6.18 Å². The van der Waals surface area contributed by atoms with Crippen LogP contribution in [0.3, 0.4) is 0 Å². The van der Waals surface area contributed by atoms with E-state index in [1.54, 1.807) is 24.3 Å². The Kier molecular flexibility index (Phi) is 4.16. The summed E-state index contributed by atoms with van der Waals surface area (Å²) in [6, 6.07) is 8.70. The smallest absolute Gasteiger partial charge is 0.291 e. The third-order valence-corrected chi connectivity index (χ3v) is 3.95. The van der Waals surface area contributed by atoms with Gasteiger partial charge in [-0.15, -0.1) is 0 Å². The number of Topliss-reactive ketones (excluding diaryl/α,β-unsaturated/α-hetero) is 1. The van der Waals surface area contributed by atoms with Gasteiger partial charge in [-0.05, 0) is 24.3 Å². The quantitative estimate of drug-likeness (QED) is 0.461. The predicted octanol–water partition coefficient (Wildman–Crippen LogP) is 4.93. The summed E-state index contributed by atoms with van der Waals surface area (Å²) in [4.78, 5) is 12.0. The zero-order valence-corrected chi connectivity index (χ0v) is 13.5. The van der Waals surface area contributed by atoms with Gasteiger partial charge < -0.3 is 0 Å². The first-order valence-electron chi connectivity index (χ1n) is 6.76. The topological polar surface area (TPSA) is 34.4 Å². The third kappa shape index (κ3) is 2.93. The van der Waals surface area contributed by atoms with Crippen LogP contribution in [0.2, 0.25) is 0 Å². The molecule has 3 aromatic rings. The highest BCUT2D eigenvalue weighted by Crippen LogP contribution is 2.32. The highest BCUT2D eigenvalue weighted by molar-refractivity contribution is 9.10. The van der Waals surface area contributed by atoms with Crippen molar-refractivity contribution in [2.45, 2.75) is 6.18 Å². The van der Waals surface area contributed by atoms with E-state index in [0.29, 0.717) is 10.0 Å². The van der Waals surface area contributed by atoms with E-state index >= 15 is 0 Å². The van der Waals surface area contributed by atoms with E-state index in [2.05, 4.69) is 21.0 Å². The van der Waals surface area contributed by atoms with Crippen molar-refractivity contribution < 1.29 is 22.4 Å². The van der Waals surface area contributed by atoms with Crippen LogP contribution in [0.25, 0.3) is 16.8 Å². The normalized spacial score (nSPS) is 11.9. The molecule has 2 heterocycles. The van der Waals surface area contributed by atoms with Crippen LogP contribution in [0.5, 0.6) is 0 Å². The zero-order valence-electron chi connectivity index (χ0n) is 11.9. The monoisotopic (exact) mass is 400 g/mol. The number of carbonyl (C=O) groups is 1. The number of hydrogen-bond donors (Lipinski definition) is 0. The van der Waals surface area contributed by atoms with Crippen molar-refractivity contribution in [2.24, 2.45) is 0 Å². The minimum absolute atomic E-state index is 0.0377. The summed E-state index contributed by atoms with van der Waals surface area (Å²) in [6.07, 6.45) is -3.76. The number of benzene rings is 1. The van der Waals surface area contributed by atoms with E-state index in [0.717, 1.165) is 22.8 Å². The highest BCUT2D eigenvalue weighted by atomic mass is 79.9. The third-order valence-electron chi connectivity index (χ3n) is 3.46. The average Bonchev–Trinajstić information content (AvgIpc) is 2.92. The van der Waals surface area contributed by atoms with Crippen molar-refractivity contribution in [1.29, 1.82) is 0 Å². The lowest BCUT2D eigenvalue weighted by molar-refractivity contribution is -0.137. The summed E-state index contributed by atoms with van der Waals surface area (Å²) in [7, 11) is 0. The lowest BCUT2D eigenvalue weighted by Gasteiger charge is -2.06. The van der Waals surface area contributed by atoms with Crippen LogP contribution < -0.4 is 0 Å². The van der Waals surface area contributed by atoms with E-state index in [9.17, 15) is 22.4 Å². The first kappa shape index (κ1) is 16.6. The van der Waals surface area contributed by atoms with Gasteiger partial charge in [-0.2, -0.15) is 18.3 Å². The van der Waals surface area contributed by atoms with Crippen LogP contribution in [0, 0.1) is 0 Å². The van der Waals surface area contributed by atoms with Crippen LogP contribution in [0.15, 0.2) is 47.1 Å². The Labute approximate surface area is 142 Å². The van der Waals surface area contributed by atoms with Gasteiger partial charge in [0, 0.05) is 16.2 Å². The van der Waals surface area contributed by atoms with Gasteiger partial charge in [0.15, 0.2) is 12.5 Å². The maximum absolute atomic E-state index is 12.9. The van der Waals surface area contributed by atoms with Gasteiger partial charge in [0.1, 0.15) is 5.69 Å². The number of aromatic nitrogens is 2. The number of alkyl halides is 4. The SMILES string of the molecule is O=C(CF)c1c(-c2cccc(Br)c2)nn2cc(C(F)(F)F)ccc12. The molecule has 1 aromatic carbocycles. The van der Waals surface area contributed by atoms with Gasteiger partial charge in [-0.25, -0.2) is 8.91 Å². The molecule has 0 bridgehead atoms. The van der Waals surface area contributed by atoms with Crippen LogP contribution >= 0.6 is 15.9 Å². The van der Waals surface area contributed by atoms with E-state index in [1.165, 1.54) is 0 Å². The van der Waals surface area contributed by atoms with Gasteiger partial charge in [0.05, 0.1) is 16.6 Å². The second-order valence-corrected chi connectivity index (χ2v) is 5.95. The molecule has 0 fully saturated rings. The van der Waals surface area contributed by atoms with Crippen molar-refractivity contribution in [3.63, 3.8) is 0 Å². The molecule has 0 N–H and O–H groups in total. The lowest BCUT2D eigenvalue weighted by Crippen LogP contribution is -2.07. The molecule has 3 rings (SSSR count).